The van der Waals surface area contributed by atoms with Crippen molar-refractivity contribution < 1.29 is 5.11 Å². The molecular weight excluding hydrogens is 440 g/mol. The summed E-state index contributed by atoms with van der Waals surface area (Å²) < 4.78 is 2.15. The standard InChI is InChI=1S/C33H32N2O/c1-26-25-32(36)22-21-27(26)13-11-12-20-31-23-24-35(34-31)33(28-14-5-2-6-15-28,29-16-7-3-8-17-29)30-18-9-4-10-19-30/h2-10,14-19,21-25,36H,11-13,20H2,1H3. The number of aryl methyl sites for hydroxylation is 3. The van der Waals surface area contributed by atoms with Crippen molar-refractivity contribution in [2.24, 2.45) is 0 Å². The second kappa shape index (κ2) is 10.7. The van der Waals surface area contributed by atoms with Crippen molar-refractivity contribution in [3.8, 4) is 5.75 Å². The van der Waals surface area contributed by atoms with Crippen LogP contribution >= 0.6 is 0 Å². The number of nitrogens with zero attached hydrogens (tertiary/aromatic N) is 2. The van der Waals surface area contributed by atoms with Gasteiger partial charge in [0.2, 0.25) is 0 Å². The summed E-state index contributed by atoms with van der Waals surface area (Å²) in [6, 6.07) is 39.8. The highest BCUT2D eigenvalue weighted by Crippen LogP contribution is 2.40. The fourth-order valence-electron chi connectivity index (χ4n) is 5.20. The third-order valence-corrected chi connectivity index (χ3v) is 7.02. The summed E-state index contributed by atoms with van der Waals surface area (Å²) in [4.78, 5) is 0. The minimum Gasteiger partial charge on any atom is -0.508 e. The summed E-state index contributed by atoms with van der Waals surface area (Å²) in [6.45, 7) is 2.06. The highest BCUT2D eigenvalue weighted by molar-refractivity contribution is 5.50. The van der Waals surface area contributed by atoms with Crippen LogP contribution in [0, 0.1) is 6.92 Å². The molecule has 0 unspecified atom stereocenters. The molecule has 5 rings (SSSR count). The van der Waals surface area contributed by atoms with Gasteiger partial charge in [0.05, 0.1) is 5.69 Å². The van der Waals surface area contributed by atoms with Crippen LogP contribution in [0.15, 0.2) is 121 Å². The Morgan fingerprint density at radius 1 is 0.667 bits per heavy atom. The Morgan fingerprint density at radius 3 is 1.72 bits per heavy atom. The van der Waals surface area contributed by atoms with Crippen LogP contribution in [0.3, 0.4) is 0 Å². The topological polar surface area (TPSA) is 38.0 Å². The number of phenols is 1. The number of aromatic hydroxyl groups is 1. The predicted molar refractivity (Wildman–Crippen MR) is 146 cm³/mol. The van der Waals surface area contributed by atoms with E-state index in [0.717, 1.165) is 36.9 Å². The minimum absolute atomic E-state index is 0.334. The van der Waals surface area contributed by atoms with Gasteiger partial charge in [-0.05, 0) is 78.6 Å². The van der Waals surface area contributed by atoms with E-state index in [1.165, 1.54) is 22.3 Å². The van der Waals surface area contributed by atoms with Gasteiger partial charge in [0, 0.05) is 6.20 Å². The lowest BCUT2D eigenvalue weighted by Crippen LogP contribution is -2.38. The van der Waals surface area contributed by atoms with E-state index in [1.807, 2.05) is 12.1 Å². The van der Waals surface area contributed by atoms with Crippen LogP contribution in [0.1, 0.15) is 46.4 Å². The summed E-state index contributed by atoms with van der Waals surface area (Å²) in [7, 11) is 0. The maximum absolute atomic E-state index is 9.66. The molecule has 1 N–H and O–H groups in total. The Morgan fingerprint density at radius 2 is 1.19 bits per heavy atom. The SMILES string of the molecule is Cc1cc(O)ccc1CCCCc1ccn(C(c2ccccc2)(c2ccccc2)c2ccccc2)n1. The number of hydrogen-bond donors (Lipinski definition) is 1. The molecule has 0 radical (unpaired) electrons. The maximum atomic E-state index is 9.66. The molecular formula is C33H32N2O. The highest BCUT2D eigenvalue weighted by atomic mass is 16.3. The zero-order valence-corrected chi connectivity index (χ0v) is 20.7. The summed E-state index contributed by atoms with van der Waals surface area (Å²) >= 11 is 0. The van der Waals surface area contributed by atoms with Gasteiger partial charge in [0.1, 0.15) is 11.3 Å². The van der Waals surface area contributed by atoms with Gasteiger partial charge < -0.3 is 5.11 Å². The number of aromatic nitrogens is 2. The molecule has 1 heterocycles. The molecule has 0 atom stereocenters. The molecule has 0 aliphatic rings. The van der Waals surface area contributed by atoms with E-state index in [9.17, 15) is 5.11 Å². The fourth-order valence-corrected chi connectivity index (χ4v) is 5.20. The predicted octanol–water partition coefficient (Wildman–Crippen LogP) is 7.30. The molecule has 0 fully saturated rings. The molecule has 3 heteroatoms. The molecule has 4 aromatic carbocycles. The lowest BCUT2D eigenvalue weighted by Gasteiger charge is -2.36. The van der Waals surface area contributed by atoms with Gasteiger partial charge in [0.25, 0.3) is 0 Å². The van der Waals surface area contributed by atoms with Crippen LogP contribution in [0.25, 0.3) is 0 Å². The molecule has 3 nitrogen and oxygen atoms in total. The van der Waals surface area contributed by atoms with Crippen molar-refractivity contribution in [2.75, 3.05) is 0 Å². The van der Waals surface area contributed by atoms with Crippen molar-refractivity contribution in [2.45, 2.75) is 38.1 Å². The number of phenolic OH excluding ortho intramolecular Hbond substituents is 1. The largest absolute Gasteiger partial charge is 0.508 e. The van der Waals surface area contributed by atoms with Crippen LogP contribution in [0.4, 0.5) is 0 Å². The molecule has 0 amide bonds. The third-order valence-electron chi connectivity index (χ3n) is 7.02. The molecule has 5 aromatic rings. The van der Waals surface area contributed by atoms with Gasteiger partial charge in [0.15, 0.2) is 0 Å². The van der Waals surface area contributed by atoms with E-state index in [2.05, 4.69) is 115 Å². The second-order valence-electron chi connectivity index (χ2n) is 9.38. The van der Waals surface area contributed by atoms with Crippen molar-refractivity contribution in [1.29, 1.82) is 0 Å². The number of benzene rings is 4. The summed E-state index contributed by atoms with van der Waals surface area (Å²) in [6.07, 6.45) is 6.21. The molecule has 0 aliphatic heterocycles. The first-order valence-electron chi connectivity index (χ1n) is 12.7. The first-order chi connectivity index (χ1) is 17.7. The van der Waals surface area contributed by atoms with E-state index < -0.39 is 5.54 Å². The van der Waals surface area contributed by atoms with Gasteiger partial charge >= 0.3 is 0 Å². The lowest BCUT2D eigenvalue weighted by atomic mass is 9.77. The van der Waals surface area contributed by atoms with Crippen LogP contribution in [0.2, 0.25) is 0 Å². The Kier molecular flexibility index (Phi) is 6.99. The molecule has 0 saturated carbocycles. The summed E-state index contributed by atoms with van der Waals surface area (Å²) in [5.41, 5.74) is 6.53. The van der Waals surface area contributed by atoms with Crippen molar-refractivity contribution in [3.05, 3.63) is 155 Å². The maximum Gasteiger partial charge on any atom is 0.137 e. The van der Waals surface area contributed by atoms with Gasteiger partial charge in [-0.15, -0.1) is 0 Å². The normalized spacial score (nSPS) is 11.5. The van der Waals surface area contributed by atoms with Gasteiger partial charge in [-0.1, -0.05) is 97.1 Å². The van der Waals surface area contributed by atoms with E-state index in [0.29, 0.717) is 5.75 Å². The Bertz CT molecular complexity index is 1300. The smallest absolute Gasteiger partial charge is 0.137 e. The molecule has 0 spiro atoms. The molecule has 0 aliphatic carbocycles. The Labute approximate surface area is 213 Å². The van der Waals surface area contributed by atoms with Crippen molar-refractivity contribution in [3.63, 3.8) is 0 Å². The number of hydrogen-bond acceptors (Lipinski definition) is 2. The fraction of sp³-hybridized carbons (Fsp3) is 0.182. The Hall–Kier alpha value is -4.11. The first-order valence-corrected chi connectivity index (χ1v) is 12.7. The average molecular weight is 473 g/mol. The molecule has 180 valence electrons. The molecule has 0 saturated heterocycles. The molecule has 0 bridgehead atoms. The van der Waals surface area contributed by atoms with E-state index in [1.54, 1.807) is 6.07 Å². The van der Waals surface area contributed by atoms with Crippen LogP contribution in [-0.4, -0.2) is 14.9 Å². The summed E-state index contributed by atoms with van der Waals surface area (Å²) in [5, 5.41) is 14.8. The van der Waals surface area contributed by atoms with Crippen LogP contribution in [-0.2, 0) is 18.4 Å². The van der Waals surface area contributed by atoms with Crippen LogP contribution in [0.5, 0.6) is 5.75 Å². The summed E-state index contributed by atoms with van der Waals surface area (Å²) in [5.74, 6) is 0.334. The molecule has 36 heavy (non-hydrogen) atoms. The highest BCUT2D eigenvalue weighted by Gasteiger charge is 2.39. The molecule has 1 aromatic heterocycles. The monoisotopic (exact) mass is 472 g/mol. The van der Waals surface area contributed by atoms with E-state index in [-0.39, 0.29) is 0 Å². The lowest BCUT2D eigenvalue weighted by molar-refractivity contribution is 0.455. The van der Waals surface area contributed by atoms with E-state index in [4.69, 9.17) is 5.10 Å². The number of unbranched alkanes of at least 4 members (excludes halogenated alkanes) is 1. The Balaban J connectivity index is 1.46. The quantitative estimate of drug-likeness (QED) is 0.180. The number of rotatable bonds is 9. The zero-order chi connectivity index (χ0) is 24.8. The first kappa shape index (κ1) is 23.6. The second-order valence-corrected chi connectivity index (χ2v) is 9.38. The van der Waals surface area contributed by atoms with Gasteiger partial charge in [-0.3, -0.25) is 4.68 Å². The zero-order valence-electron chi connectivity index (χ0n) is 20.7. The third kappa shape index (κ3) is 4.70. The van der Waals surface area contributed by atoms with Crippen LogP contribution < -0.4 is 0 Å². The average Bonchev–Trinajstić information content (AvgIpc) is 3.39. The van der Waals surface area contributed by atoms with Gasteiger partial charge in [-0.25, -0.2) is 0 Å². The van der Waals surface area contributed by atoms with Crippen molar-refractivity contribution >= 4 is 0 Å². The van der Waals surface area contributed by atoms with Gasteiger partial charge in [-0.2, -0.15) is 5.10 Å². The minimum atomic E-state index is -0.564. The van der Waals surface area contributed by atoms with E-state index >= 15 is 0 Å². The van der Waals surface area contributed by atoms with Crippen molar-refractivity contribution in [1.82, 2.24) is 9.78 Å².